The van der Waals surface area contributed by atoms with Crippen molar-refractivity contribution in [1.29, 1.82) is 0 Å². The lowest BCUT2D eigenvalue weighted by molar-refractivity contribution is 0.437. The molecule has 1 aliphatic heterocycles. The van der Waals surface area contributed by atoms with Gasteiger partial charge in [-0.2, -0.15) is 0 Å². The van der Waals surface area contributed by atoms with E-state index in [-0.39, 0.29) is 0 Å². The van der Waals surface area contributed by atoms with E-state index in [0.717, 1.165) is 12.8 Å². The Hall–Kier alpha value is -0.390. The van der Waals surface area contributed by atoms with Crippen LogP contribution in [0.1, 0.15) is 29.3 Å². The molecule has 1 saturated heterocycles. The fourth-order valence-corrected chi connectivity index (χ4v) is 5.19. The smallest absolute Gasteiger partial charge is 0.150 e. The molecule has 0 amide bonds. The molecule has 96 valence electrons. The first-order valence-corrected chi connectivity index (χ1v) is 8.63. The first kappa shape index (κ1) is 13.1. The number of hydrogen-bond acceptors (Lipinski definition) is 4. The van der Waals surface area contributed by atoms with Crippen molar-refractivity contribution in [3.05, 3.63) is 21.9 Å². The van der Waals surface area contributed by atoms with Crippen molar-refractivity contribution in [3.8, 4) is 0 Å². The Bertz CT molecular complexity index is 478. The molecule has 1 aliphatic rings. The molecular formula is C12H19NO2S2. The van der Waals surface area contributed by atoms with Gasteiger partial charge in [0.05, 0.1) is 11.5 Å². The Kier molecular flexibility index (Phi) is 3.90. The third-order valence-electron chi connectivity index (χ3n) is 3.52. The zero-order valence-electron chi connectivity index (χ0n) is 10.3. The highest BCUT2D eigenvalue weighted by Crippen LogP contribution is 2.31. The molecule has 0 spiro atoms. The molecule has 1 fully saturated rings. The normalized spacial score (nSPS) is 24.9. The van der Waals surface area contributed by atoms with E-state index in [1.165, 1.54) is 10.4 Å². The van der Waals surface area contributed by atoms with E-state index in [1.54, 1.807) is 11.3 Å². The van der Waals surface area contributed by atoms with Gasteiger partial charge in [-0.3, -0.25) is 0 Å². The summed E-state index contributed by atoms with van der Waals surface area (Å²) >= 11 is 1.75. The number of rotatable bonds is 4. The molecular weight excluding hydrogens is 254 g/mol. The van der Waals surface area contributed by atoms with Crippen LogP contribution in [0.25, 0.3) is 0 Å². The van der Waals surface area contributed by atoms with Crippen LogP contribution in [0.5, 0.6) is 0 Å². The average Bonchev–Trinajstić information content (AvgIpc) is 2.81. The van der Waals surface area contributed by atoms with Gasteiger partial charge in [-0.1, -0.05) is 0 Å². The molecule has 1 N–H and O–H groups in total. The van der Waals surface area contributed by atoms with Crippen LogP contribution in [0.15, 0.2) is 11.4 Å². The molecule has 2 rings (SSSR count). The molecule has 0 aliphatic carbocycles. The first-order chi connectivity index (χ1) is 8.02. The molecule has 2 atom stereocenters. The predicted molar refractivity (Wildman–Crippen MR) is 72.2 cm³/mol. The number of sulfone groups is 1. The lowest BCUT2D eigenvalue weighted by atomic mass is 9.95. The number of hydrogen-bond donors (Lipinski definition) is 1. The molecule has 0 saturated carbocycles. The monoisotopic (exact) mass is 273 g/mol. The summed E-state index contributed by atoms with van der Waals surface area (Å²) in [6.07, 6.45) is 1.75. The van der Waals surface area contributed by atoms with Gasteiger partial charge < -0.3 is 5.32 Å². The van der Waals surface area contributed by atoms with E-state index in [1.807, 2.05) is 7.05 Å². The van der Waals surface area contributed by atoms with Gasteiger partial charge in [-0.15, -0.1) is 11.3 Å². The topological polar surface area (TPSA) is 46.2 Å². The van der Waals surface area contributed by atoms with Crippen LogP contribution < -0.4 is 5.32 Å². The van der Waals surface area contributed by atoms with E-state index in [0.29, 0.717) is 23.5 Å². The summed E-state index contributed by atoms with van der Waals surface area (Å²) in [4.78, 5) is 1.32. The predicted octanol–water partition coefficient (Wildman–Crippen LogP) is 2.14. The quantitative estimate of drug-likeness (QED) is 0.914. The molecule has 2 unspecified atom stereocenters. The number of thiophene rings is 1. The molecule has 3 nitrogen and oxygen atoms in total. The summed E-state index contributed by atoms with van der Waals surface area (Å²) in [5.41, 5.74) is 1.32. The number of nitrogens with one attached hydrogen (secondary N) is 1. The fourth-order valence-electron chi connectivity index (χ4n) is 2.55. The summed E-state index contributed by atoms with van der Waals surface area (Å²) in [6, 6.07) is 2.43. The second kappa shape index (κ2) is 5.08. The van der Waals surface area contributed by atoms with Crippen molar-refractivity contribution >= 4 is 21.2 Å². The first-order valence-electron chi connectivity index (χ1n) is 5.93. The van der Waals surface area contributed by atoms with Crippen LogP contribution >= 0.6 is 11.3 Å². The van der Waals surface area contributed by atoms with Crippen LogP contribution in [-0.2, 0) is 9.84 Å². The Morgan fingerprint density at radius 2 is 2.35 bits per heavy atom. The van der Waals surface area contributed by atoms with Gasteiger partial charge in [-0.25, -0.2) is 8.42 Å². The van der Waals surface area contributed by atoms with Crippen LogP contribution in [0, 0.1) is 12.8 Å². The van der Waals surface area contributed by atoms with Crippen molar-refractivity contribution in [3.63, 3.8) is 0 Å². The lowest BCUT2D eigenvalue weighted by Crippen LogP contribution is -2.20. The van der Waals surface area contributed by atoms with E-state index in [2.05, 4.69) is 23.7 Å². The average molecular weight is 273 g/mol. The summed E-state index contributed by atoms with van der Waals surface area (Å²) in [6.45, 7) is 2.12. The summed E-state index contributed by atoms with van der Waals surface area (Å²) in [5, 5.41) is 5.41. The molecule has 0 radical (unpaired) electrons. The maximum absolute atomic E-state index is 11.4. The molecule has 1 aromatic rings. The standard InChI is InChI=1S/C12H19NO2S2/c1-9-11(3-5-16-9)12(13-2)7-10-4-6-17(14,15)8-10/h3,5,10,12-13H,4,6-8H2,1-2H3. The van der Waals surface area contributed by atoms with E-state index < -0.39 is 9.84 Å². The van der Waals surface area contributed by atoms with Gasteiger partial charge in [-0.05, 0) is 49.7 Å². The van der Waals surface area contributed by atoms with Crippen molar-refractivity contribution in [2.45, 2.75) is 25.8 Å². The Morgan fingerprint density at radius 3 is 2.82 bits per heavy atom. The molecule has 0 bridgehead atoms. The van der Waals surface area contributed by atoms with Crippen molar-refractivity contribution in [2.75, 3.05) is 18.6 Å². The van der Waals surface area contributed by atoms with E-state index in [9.17, 15) is 8.42 Å². The Balaban J connectivity index is 2.04. The second-order valence-corrected chi connectivity index (χ2v) is 8.13. The lowest BCUT2D eigenvalue weighted by Gasteiger charge is -2.19. The molecule has 17 heavy (non-hydrogen) atoms. The van der Waals surface area contributed by atoms with Crippen LogP contribution in [0.4, 0.5) is 0 Å². The number of aryl methyl sites for hydroxylation is 1. The maximum Gasteiger partial charge on any atom is 0.150 e. The highest BCUT2D eigenvalue weighted by molar-refractivity contribution is 7.91. The van der Waals surface area contributed by atoms with Crippen LogP contribution in [-0.4, -0.2) is 27.0 Å². The zero-order chi connectivity index (χ0) is 12.5. The van der Waals surface area contributed by atoms with E-state index in [4.69, 9.17) is 0 Å². The van der Waals surface area contributed by atoms with Gasteiger partial charge in [0.25, 0.3) is 0 Å². The minimum Gasteiger partial charge on any atom is -0.313 e. The molecule has 1 aromatic heterocycles. The Morgan fingerprint density at radius 1 is 1.59 bits per heavy atom. The molecule has 2 heterocycles. The molecule has 0 aromatic carbocycles. The fraction of sp³-hybridized carbons (Fsp3) is 0.667. The highest BCUT2D eigenvalue weighted by atomic mass is 32.2. The van der Waals surface area contributed by atoms with Crippen molar-refractivity contribution < 1.29 is 8.42 Å². The molecule has 5 heteroatoms. The van der Waals surface area contributed by atoms with Gasteiger partial charge in [0.2, 0.25) is 0 Å². The van der Waals surface area contributed by atoms with Gasteiger partial charge in [0.1, 0.15) is 0 Å². The largest absolute Gasteiger partial charge is 0.313 e. The summed E-state index contributed by atoms with van der Waals surface area (Å²) in [7, 11) is -0.804. The van der Waals surface area contributed by atoms with Gasteiger partial charge in [0.15, 0.2) is 9.84 Å². The third-order valence-corrected chi connectivity index (χ3v) is 6.22. The summed E-state index contributed by atoms with van der Waals surface area (Å²) in [5.74, 6) is 1.06. The summed E-state index contributed by atoms with van der Waals surface area (Å²) < 4.78 is 22.9. The van der Waals surface area contributed by atoms with Crippen molar-refractivity contribution in [1.82, 2.24) is 5.32 Å². The van der Waals surface area contributed by atoms with Crippen molar-refractivity contribution in [2.24, 2.45) is 5.92 Å². The Labute approximate surface area is 107 Å². The minimum absolute atomic E-state index is 0.291. The van der Waals surface area contributed by atoms with E-state index >= 15 is 0 Å². The van der Waals surface area contributed by atoms with Crippen LogP contribution in [0.2, 0.25) is 0 Å². The van der Waals surface area contributed by atoms with Gasteiger partial charge in [0, 0.05) is 10.9 Å². The maximum atomic E-state index is 11.4. The van der Waals surface area contributed by atoms with Crippen LogP contribution in [0.3, 0.4) is 0 Å². The highest BCUT2D eigenvalue weighted by Gasteiger charge is 2.30. The van der Waals surface area contributed by atoms with Gasteiger partial charge >= 0.3 is 0 Å². The zero-order valence-corrected chi connectivity index (χ0v) is 11.9. The second-order valence-electron chi connectivity index (χ2n) is 4.78. The third kappa shape index (κ3) is 3.09. The SMILES string of the molecule is CNC(CC1CCS(=O)(=O)C1)c1ccsc1C. The minimum atomic E-state index is -2.75.